The van der Waals surface area contributed by atoms with E-state index >= 15 is 0 Å². The Labute approximate surface area is 134 Å². The van der Waals surface area contributed by atoms with Gasteiger partial charge in [0.1, 0.15) is 15.9 Å². The molecule has 0 saturated heterocycles. The lowest BCUT2D eigenvalue weighted by Crippen LogP contribution is -2.14. The molecule has 2 aromatic heterocycles. The molecule has 0 unspecified atom stereocenters. The van der Waals surface area contributed by atoms with Gasteiger partial charge in [-0.15, -0.1) is 0 Å². The first-order valence-electron chi connectivity index (χ1n) is 5.25. The molecule has 0 bridgehead atoms. The Morgan fingerprint density at radius 2 is 1.90 bits per heavy atom. The van der Waals surface area contributed by atoms with Gasteiger partial charge in [0.15, 0.2) is 0 Å². The summed E-state index contributed by atoms with van der Waals surface area (Å²) < 4.78 is 27.4. The highest BCUT2D eigenvalue weighted by Gasteiger charge is 2.17. The first kappa shape index (κ1) is 15.5. The predicted molar refractivity (Wildman–Crippen MR) is 81.7 cm³/mol. The molecule has 0 spiro atoms. The number of rotatable bonds is 3. The Kier molecular flexibility index (Phi) is 4.53. The molecule has 0 atom stereocenters. The second kappa shape index (κ2) is 5.85. The van der Waals surface area contributed by atoms with Crippen LogP contribution >= 0.6 is 39.1 Å². The summed E-state index contributed by atoms with van der Waals surface area (Å²) in [6.45, 7) is 1.82. The van der Waals surface area contributed by atoms with Gasteiger partial charge < -0.3 is 0 Å². The van der Waals surface area contributed by atoms with Gasteiger partial charge in [-0.3, -0.25) is 4.72 Å². The lowest BCUT2D eigenvalue weighted by molar-refractivity contribution is 0.600. The molecule has 0 aromatic carbocycles. The molecule has 0 aliphatic rings. The van der Waals surface area contributed by atoms with Crippen LogP contribution in [0.3, 0.4) is 0 Å². The van der Waals surface area contributed by atoms with E-state index < -0.39 is 10.0 Å². The molecule has 9 heteroatoms. The number of aryl methyl sites for hydroxylation is 1. The second-order valence-corrected chi connectivity index (χ2v) is 7.17. The number of pyridine rings is 2. The van der Waals surface area contributed by atoms with Gasteiger partial charge in [0.2, 0.25) is 0 Å². The number of halogens is 3. The normalized spacial score (nSPS) is 11.4. The minimum Gasteiger partial charge on any atom is -0.263 e. The van der Waals surface area contributed by atoms with Crippen molar-refractivity contribution >= 4 is 55.0 Å². The number of hydrogen-bond donors (Lipinski definition) is 1. The van der Waals surface area contributed by atoms with Crippen molar-refractivity contribution in [3.05, 3.63) is 44.7 Å². The van der Waals surface area contributed by atoms with Gasteiger partial charge in [-0.05, 0) is 40.5 Å². The molecule has 106 valence electrons. The van der Waals surface area contributed by atoms with E-state index in [4.69, 9.17) is 23.2 Å². The molecule has 1 N–H and O–H groups in total. The monoisotopic (exact) mass is 395 g/mol. The van der Waals surface area contributed by atoms with Gasteiger partial charge in [-0.25, -0.2) is 18.4 Å². The van der Waals surface area contributed by atoms with Gasteiger partial charge in [0.05, 0.1) is 5.02 Å². The molecule has 2 heterocycles. The molecule has 5 nitrogen and oxygen atoms in total. The van der Waals surface area contributed by atoms with E-state index in [0.717, 1.165) is 16.2 Å². The number of anilines is 1. The topological polar surface area (TPSA) is 72.0 Å². The summed E-state index contributed by atoms with van der Waals surface area (Å²) in [7, 11) is -3.82. The lowest BCUT2D eigenvalue weighted by Gasteiger charge is -2.08. The number of nitrogens with one attached hydrogen (secondary N) is 1. The van der Waals surface area contributed by atoms with E-state index in [-0.39, 0.29) is 20.9 Å². The van der Waals surface area contributed by atoms with E-state index in [1.807, 2.05) is 6.92 Å². The minimum absolute atomic E-state index is 0.0447. The summed E-state index contributed by atoms with van der Waals surface area (Å²) in [6, 6.07) is 2.83. The highest BCUT2D eigenvalue weighted by molar-refractivity contribution is 9.10. The first-order valence-corrected chi connectivity index (χ1v) is 8.29. The zero-order valence-electron chi connectivity index (χ0n) is 10.1. The van der Waals surface area contributed by atoms with Crippen LogP contribution in [0, 0.1) is 6.92 Å². The first-order chi connectivity index (χ1) is 9.29. The fraction of sp³-hybridized carbons (Fsp3) is 0.0909. The van der Waals surface area contributed by atoms with Crippen LogP contribution in [-0.4, -0.2) is 18.4 Å². The molecule has 0 saturated carbocycles. The molecule has 2 rings (SSSR count). The average Bonchev–Trinajstić information content (AvgIpc) is 2.37. The maximum Gasteiger partial charge on any atom is 0.264 e. The van der Waals surface area contributed by atoms with Gasteiger partial charge in [-0.2, -0.15) is 0 Å². The van der Waals surface area contributed by atoms with Crippen molar-refractivity contribution < 1.29 is 8.42 Å². The third kappa shape index (κ3) is 3.41. The van der Waals surface area contributed by atoms with Crippen LogP contribution in [0.15, 0.2) is 33.9 Å². The lowest BCUT2D eigenvalue weighted by atomic mass is 10.3. The molecule has 20 heavy (non-hydrogen) atoms. The van der Waals surface area contributed by atoms with Crippen molar-refractivity contribution in [2.75, 3.05) is 4.72 Å². The Morgan fingerprint density at radius 1 is 1.20 bits per heavy atom. The maximum atomic E-state index is 12.2. The van der Waals surface area contributed by atoms with Crippen molar-refractivity contribution in [1.82, 2.24) is 9.97 Å². The van der Waals surface area contributed by atoms with Gasteiger partial charge in [0.25, 0.3) is 10.0 Å². The smallest absolute Gasteiger partial charge is 0.263 e. The summed E-state index contributed by atoms with van der Waals surface area (Å²) in [4.78, 5) is 7.59. The summed E-state index contributed by atoms with van der Waals surface area (Å²) in [5.41, 5.74) is 0.852. The maximum absolute atomic E-state index is 12.2. The molecular weight excluding hydrogens is 389 g/mol. The van der Waals surface area contributed by atoms with Crippen molar-refractivity contribution in [3.63, 3.8) is 0 Å². The van der Waals surface area contributed by atoms with Crippen LogP contribution in [0.1, 0.15) is 5.56 Å². The molecule has 0 aliphatic heterocycles. The van der Waals surface area contributed by atoms with Crippen LogP contribution in [-0.2, 0) is 10.0 Å². The van der Waals surface area contributed by atoms with Gasteiger partial charge in [0, 0.05) is 16.9 Å². The van der Waals surface area contributed by atoms with Crippen LogP contribution < -0.4 is 4.72 Å². The Hall–Kier alpha value is -0.890. The fourth-order valence-electron chi connectivity index (χ4n) is 1.34. The average molecular weight is 397 g/mol. The largest absolute Gasteiger partial charge is 0.264 e. The predicted octanol–water partition coefficient (Wildman–Crippen LogP) is 3.66. The van der Waals surface area contributed by atoms with Crippen LogP contribution in [0.25, 0.3) is 0 Å². The SMILES string of the molecule is Cc1cc(NS(=O)(=O)c2cnc(Cl)c(Cl)c2)ncc1Br. The van der Waals surface area contributed by atoms with Gasteiger partial charge >= 0.3 is 0 Å². The second-order valence-electron chi connectivity index (χ2n) is 3.87. The van der Waals surface area contributed by atoms with E-state index in [1.54, 1.807) is 6.07 Å². The number of hydrogen-bond acceptors (Lipinski definition) is 4. The summed E-state index contributed by atoms with van der Waals surface area (Å²) in [5, 5.41) is 0.109. The van der Waals surface area contributed by atoms with E-state index in [0.29, 0.717) is 0 Å². The van der Waals surface area contributed by atoms with Crippen LogP contribution in [0.2, 0.25) is 10.2 Å². The standard InChI is InChI=1S/C11H8BrCl2N3O2S/c1-6-2-10(15-5-8(6)12)17-20(18,19)7-3-9(13)11(14)16-4-7/h2-5H,1H3,(H,15,17). The van der Waals surface area contributed by atoms with Crippen molar-refractivity contribution in [3.8, 4) is 0 Å². The third-order valence-electron chi connectivity index (χ3n) is 2.37. The van der Waals surface area contributed by atoms with Crippen LogP contribution in [0.4, 0.5) is 5.82 Å². The summed E-state index contributed by atoms with van der Waals surface area (Å²) >= 11 is 14.7. The highest BCUT2D eigenvalue weighted by atomic mass is 79.9. The van der Waals surface area contributed by atoms with E-state index in [9.17, 15) is 8.42 Å². The molecule has 0 aliphatic carbocycles. The minimum atomic E-state index is -3.82. The van der Waals surface area contributed by atoms with E-state index in [1.165, 1.54) is 12.3 Å². The van der Waals surface area contributed by atoms with Crippen molar-refractivity contribution in [2.24, 2.45) is 0 Å². The number of nitrogens with zero attached hydrogens (tertiary/aromatic N) is 2. The molecular formula is C11H8BrCl2N3O2S. The Morgan fingerprint density at radius 3 is 2.50 bits per heavy atom. The number of sulfonamides is 1. The summed E-state index contributed by atoms with van der Waals surface area (Å²) in [5.74, 6) is 0.205. The molecule has 0 fully saturated rings. The quantitative estimate of drug-likeness (QED) is 0.803. The summed E-state index contributed by atoms with van der Waals surface area (Å²) in [6.07, 6.45) is 2.64. The van der Waals surface area contributed by atoms with Crippen molar-refractivity contribution in [2.45, 2.75) is 11.8 Å². The Balaban J connectivity index is 2.35. The zero-order valence-corrected chi connectivity index (χ0v) is 14.0. The zero-order chi connectivity index (χ0) is 14.9. The molecule has 0 radical (unpaired) electrons. The molecule has 2 aromatic rings. The number of aromatic nitrogens is 2. The Bertz CT molecular complexity index is 768. The fourth-order valence-corrected chi connectivity index (χ4v) is 2.86. The van der Waals surface area contributed by atoms with Crippen LogP contribution in [0.5, 0.6) is 0 Å². The van der Waals surface area contributed by atoms with Crippen molar-refractivity contribution in [1.29, 1.82) is 0 Å². The third-order valence-corrected chi connectivity index (χ3v) is 5.21. The van der Waals surface area contributed by atoms with Gasteiger partial charge in [-0.1, -0.05) is 23.2 Å². The highest BCUT2D eigenvalue weighted by Crippen LogP contribution is 2.24. The molecule has 0 amide bonds. The van der Waals surface area contributed by atoms with E-state index in [2.05, 4.69) is 30.6 Å².